The predicted octanol–water partition coefficient (Wildman–Crippen LogP) is 5.27. The summed E-state index contributed by atoms with van der Waals surface area (Å²) in [5, 5.41) is 0. The van der Waals surface area contributed by atoms with E-state index in [1.54, 1.807) is 6.08 Å². The molecule has 0 fully saturated rings. The minimum atomic E-state index is 0.214. The lowest BCUT2D eigenvalue weighted by Crippen LogP contribution is -1.97. The lowest BCUT2D eigenvalue weighted by molar-refractivity contribution is -0.114. The van der Waals surface area contributed by atoms with Crippen molar-refractivity contribution in [3.8, 4) is 0 Å². The van der Waals surface area contributed by atoms with Gasteiger partial charge in [-0.1, -0.05) is 80.4 Å². The van der Waals surface area contributed by atoms with Gasteiger partial charge in [0.1, 0.15) is 0 Å². The van der Waals surface area contributed by atoms with Crippen molar-refractivity contribution in [1.29, 1.82) is 0 Å². The van der Waals surface area contributed by atoms with Crippen molar-refractivity contribution in [3.63, 3.8) is 0 Å². The second-order valence-electron chi connectivity index (χ2n) is 5.21. The second-order valence-corrected chi connectivity index (χ2v) is 5.21. The third-order valence-electron chi connectivity index (χ3n) is 3.50. The number of carbonyl (C=O) groups is 1. The Bertz CT molecular complexity index is 540. The Morgan fingerprint density at radius 2 is 1.38 bits per heavy atom. The van der Waals surface area contributed by atoms with Crippen molar-refractivity contribution < 1.29 is 4.79 Å². The highest BCUT2D eigenvalue weighted by atomic mass is 16.1. The Labute approximate surface area is 127 Å². The molecule has 21 heavy (non-hydrogen) atoms. The predicted molar refractivity (Wildman–Crippen MR) is 89.1 cm³/mol. The quantitative estimate of drug-likeness (QED) is 0.498. The van der Waals surface area contributed by atoms with E-state index in [4.69, 9.17) is 0 Å². The van der Waals surface area contributed by atoms with E-state index in [2.05, 4.69) is 31.2 Å². The fraction of sp³-hybridized carbons (Fsp3) is 0.250. The molecule has 2 aromatic carbocycles. The maximum Gasteiger partial charge on any atom is 0.156 e. The summed E-state index contributed by atoms with van der Waals surface area (Å²) in [5.41, 5.74) is 3.19. The van der Waals surface area contributed by atoms with Crippen LogP contribution in [0.4, 0.5) is 0 Å². The summed E-state index contributed by atoms with van der Waals surface area (Å²) in [6.45, 7) is 2.15. The van der Waals surface area contributed by atoms with E-state index in [1.165, 1.54) is 0 Å². The molecule has 0 saturated heterocycles. The van der Waals surface area contributed by atoms with Crippen molar-refractivity contribution in [2.24, 2.45) is 0 Å². The van der Waals surface area contributed by atoms with Gasteiger partial charge in [-0.2, -0.15) is 0 Å². The zero-order valence-electron chi connectivity index (χ0n) is 12.6. The van der Waals surface area contributed by atoms with Crippen molar-refractivity contribution in [3.05, 3.63) is 77.9 Å². The minimum absolute atomic E-state index is 0.214. The first kappa shape index (κ1) is 15.2. The van der Waals surface area contributed by atoms with Crippen LogP contribution < -0.4 is 0 Å². The van der Waals surface area contributed by atoms with Gasteiger partial charge in [0.2, 0.25) is 0 Å². The number of rotatable bonds is 7. The maximum atomic E-state index is 12.2. The number of carbonyl (C=O) groups excluding carboxylic acids is 1. The zero-order chi connectivity index (χ0) is 14.9. The van der Waals surface area contributed by atoms with Crippen LogP contribution in [0.15, 0.2) is 66.7 Å². The van der Waals surface area contributed by atoms with Gasteiger partial charge in [-0.15, -0.1) is 0 Å². The normalized spacial score (nSPS) is 10.1. The van der Waals surface area contributed by atoms with Gasteiger partial charge < -0.3 is 0 Å². The molecule has 0 saturated carbocycles. The molecule has 0 spiro atoms. The molecule has 0 radical (unpaired) electrons. The largest absolute Gasteiger partial charge is 0.295 e. The standard InChI is InChI=1S/C20H22O/c1-2-3-6-15-19(21)16-20(17-11-7-4-8-12-17)18-13-9-5-10-14-18/h4-5,7-14,16H,2-3,6,15H2,1H3. The van der Waals surface area contributed by atoms with Gasteiger partial charge >= 0.3 is 0 Å². The molecule has 0 aromatic heterocycles. The molecule has 2 aromatic rings. The van der Waals surface area contributed by atoms with Gasteiger partial charge in [0.25, 0.3) is 0 Å². The molecular formula is C20H22O. The molecule has 0 aliphatic rings. The number of hydrogen-bond acceptors (Lipinski definition) is 1. The van der Waals surface area contributed by atoms with Gasteiger partial charge in [-0.3, -0.25) is 4.79 Å². The van der Waals surface area contributed by atoms with Crippen LogP contribution in [-0.2, 0) is 4.79 Å². The highest BCUT2D eigenvalue weighted by Crippen LogP contribution is 2.23. The Morgan fingerprint density at radius 3 is 1.86 bits per heavy atom. The fourth-order valence-corrected chi connectivity index (χ4v) is 2.35. The molecule has 1 heteroatoms. The Hall–Kier alpha value is -2.15. The first-order valence-corrected chi connectivity index (χ1v) is 7.66. The first-order chi connectivity index (χ1) is 10.3. The van der Waals surface area contributed by atoms with Crippen LogP contribution >= 0.6 is 0 Å². The molecule has 0 N–H and O–H groups in total. The molecule has 0 unspecified atom stereocenters. The third kappa shape index (κ3) is 4.71. The van der Waals surface area contributed by atoms with E-state index in [0.29, 0.717) is 6.42 Å². The molecular weight excluding hydrogens is 256 g/mol. The van der Waals surface area contributed by atoms with Crippen molar-refractivity contribution in [1.82, 2.24) is 0 Å². The van der Waals surface area contributed by atoms with Crippen LogP contribution in [0.5, 0.6) is 0 Å². The monoisotopic (exact) mass is 278 g/mol. The lowest BCUT2D eigenvalue weighted by atomic mass is 9.96. The van der Waals surface area contributed by atoms with Crippen LogP contribution in [0, 0.1) is 0 Å². The van der Waals surface area contributed by atoms with Gasteiger partial charge in [-0.25, -0.2) is 0 Å². The average molecular weight is 278 g/mol. The van der Waals surface area contributed by atoms with Gasteiger partial charge in [0, 0.05) is 6.42 Å². The van der Waals surface area contributed by atoms with E-state index < -0.39 is 0 Å². The number of benzene rings is 2. The number of hydrogen-bond donors (Lipinski definition) is 0. The summed E-state index contributed by atoms with van der Waals surface area (Å²) in [7, 11) is 0. The lowest BCUT2D eigenvalue weighted by Gasteiger charge is -2.08. The van der Waals surface area contributed by atoms with E-state index >= 15 is 0 Å². The molecule has 0 aliphatic carbocycles. The molecule has 0 amide bonds. The van der Waals surface area contributed by atoms with Crippen molar-refractivity contribution in [2.75, 3.05) is 0 Å². The van der Waals surface area contributed by atoms with E-state index in [0.717, 1.165) is 36.0 Å². The Balaban J connectivity index is 2.27. The molecule has 0 bridgehead atoms. The highest BCUT2D eigenvalue weighted by molar-refractivity contribution is 6.00. The minimum Gasteiger partial charge on any atom is -0.295 e. The number of ketones is 1. The second kappa shape index (κ2) is 8.21. The molecule has 0 heterocycles. The summed E-state index contributed by atoms with van der Waals surface area (Å²) >= 11 is 0. The highest BCUT2D eigenvalue weighted by Gasteiger charge is 2.07. The van der Waals surface area contributed by atoms with Crippen molar-refractivity contribution >= 4 is 11.4 Å². The number of allylic oxidation sites excluding steroid dienone is 1. The van der Waals surface area contributed by atoms with Crippen LogP contribution in [0.1, 0.15) is 43.7 Å². The van der Waals surface area contributed by atoms with Crippen LogP contribution in [0.2, 0.25) is 0 Å². The Morgan fingerprint density at radius 1 is 0.857 bits per heavy atom. The van der Waals surface area contributed by atoms with E-state index in [-0.39, 0.29) is 5.78 Å². The summed E-state index contributed by atoms with van der Waals surface area (Å²) in [5.74, 6) is 0.214. The Kier molecular flexibility index (Phi) is 5.96. The average Bonchev–Trinajstić information content (AvgIpc) is 2.54. The van der Waals surface area contributed by atoms with E-state index in [9.17, 15) is 4.79 Å². The summed E-state index contributed by atoms with van der Waals surface area (Å²) in [6.07, 6.45) is 5.67. The molecule has 1 nitrogen and oxygen atoms in total. The van der Waals surface area contributed by atoms with Gasteiger partial charge in [0.15, 0.2) is 5.78 Å². The molecule has 2 rings (SSSR count). The smallest absolute Gasteiger partial charge is 0.156 e. The topological polar surface area (TPSA) is 17.1 Å². The summed E-state index contributed by atoms with van der Waals surface area (Å²) in [4.78, 5) is 12.2. The summed E-state index contributed by atoms with van der Waals surface area (Å²) in [6, 6.07) is 20.2. The fourth-order valence-electron chi connectivity index (χ4n) is 2.35. The third-order valence-corrected chi connectivity index (χ3v) is 3.50. The van der Waals surface area contributed by atoms with Crippen LogP contribution in [0.3, 0.4) is 0 Å². The van der Waals surface area contributed by atoms with Gasteiger partial charge in [-0.05, 0) is 29.2 Å². The van der Waals surface area contributed by atoms with E-state index in [1.807, 2.05) is 36.4 Å². The number of unbranched alkanes of at least 4 members (excludes halogenated alkanes) is 2. The molecule has 0 atom stereocenters. The molecule has 108 valence electrons. The van der Waals surface area contributed by atoms with Crippen LogP contribution in [-0.4, -0.2) is 5.78 Å². The zero-order valence-corrected chi connectivity index (χ0v) is 12.6. The van der Waals surface area contributed by atoms with Crippen LogP contribution in [0.25, 0.3) is 5.57 Å². The molecule has 0 aliphatic heterocycles. The SMILES string of the molecule is CCCCCC(=O)C=C(c1ccccc1)c1ccccc1. The summed E-state index contributed by atoms with van der Waals surface area (Å²) < 4.78 is 0. The maximum absolute atomic E-state index is 12.2. The van der Waals surface area contributed by atoms with Gasteiger partial charge in [0.05, 0.1) is 0 Å². The first-order valence-electron chi connectivity index (χ1n) is 7.66. The van der Waals surface area contributed by atoms with Crippen molar-refractivity contribution in [2.45, 2.75) is 32.6 Å².